The number of carbonyl (C=O) groups excluding carboxylic acids is 1. The highest BCUT2D eigenvalue weighted by molar-refractivity contribution is 7.13. The fourth-order valence-corrected chi connectivity index (χ4v) is 3.37. The van der Waals surface area contributed by atoms with Crippen molar-refractivity contribution < 1.29 is 18.0 Å². The van der Waals surface area contributed by atoms with Crippen molar-refractivity contribution in [2.24, 2.45) is 11.8 Å². The Balaban J connectivity index is 0.00000243. The van der Waals surface area contributed by atoms with Crippen LogP contribution in [-0.2, 0) is 17.5 Å². The molecule has 0 aliphatic carbocycles. The molecule has 1 fully saturated rings. The van der Waals surface area contributed by atoms with Gasteiger partial charge in [-0.25, -0.2) is 4.98 Å². The van der Waals surface area contributed by atoms with Crippen LogP contribution in [0.3, 0.4) is 0 Å². The summed E-state index contributed by atoms with van der Waals surface area (Å²) in [6.07, 6.45) is -4.34. The lowest BCUT2D eigenvalue weighted by atomic mass is 9.88. The fraction of sp³-hybridized carbons (Fsp3) is 0.412. The molecule has 1 saturated heterocycles. The van der Waals surface area contributed by atoms with E-state index in [0.717, 1.165) is 25.2 Å². The molecular formula is C17H19ClF3N3OS. The molecule has 142 valence electrons. The minimum atomic E-state index is -4.34. The fourth-order valence-electron chi connectivity index (χ4n) is 2.54. The van der Waals surface area contributed by atoms with Gasteiger partial charge >= 0.3 is 6.18 Å². The third-order valence-corrected chi connectivity index (χ3v) is 5.33. The van der Waals surface area contributed by atoms with Crippen molar-refractivity contribution in [3.8, 4) is 10.6 Å². The summed E-state index contributed by atoms with van der Waals surface area (Å²) in [6.45, 7) is 3.96. The topological polar surface area (TPSA) is 54.0 Å². The lowest BCUT2D eigenvalue weighted by Gasteiger charge is -2.31. The molecule has 1 aliphatic heterocycles. The zero-order valence-electron chi connectivity index (χ0n) is 14.0. The van der Waals surface area contributed by atoms with Crippen LogP contribution >= 0.6 is 23.7 Å². The Morgan fingerprint density at radius 2 is 2.00 bits per heavy atom. The second-order valence-corrected chi connectivity index (χ2v) is 7.00. The van der Waals surface area contributed by atoms with E-state index in [1.165, 1.54) is 23.5 Å². The van der Waals surface area contributed by atoms with Gasteiger partial charge in [0.1, 0.15) is 5.01 Å². The maximum absolute atomic E-state index is 12.6. The second kappa shape index (κ2) is 8.37. The summed E-state index contributed by atoms with van der Waals surface area (Å²) in [6, 6.07) is 4.92. The highest BCUT2D eigenvalue weighted by atomic mass is 35.5. The summed E-state index contributed by atoms with van der Waals surface area (Å²) in [5.74, 6) is 0.322. The highest BCUT2D eigenvalue weighted by Gasteiger charge is 2.30. The number of amides is 1. The Bertz CT molecular complexity index is 744. The molecule has 0 bridgehead atoms. The molecule has 1 aromatic carbocycles. The van der Waals surface area contributed by atoms with E-state index in [9.17, 15) is 18.0 Å². The van der Waals surface area contributed by atoms with Crippen LogP contribution in [0.25, 0.3) is 10.6 Å². The molecule has 4 nitrogen and oxygen atoms in total. The summed E-state index contributed by atoms with van der Waals surface area (Å²) < 4.78 is 37.8. The number of benzene rings is 1. The molecular weight excluding hydrogens is 387 g/mol. The third-order valence-electron chi connectivity index (χ3n) is 4.39. The first-order valence-corrected chi connectivity index (χ1v) is 8.83. The molecule has 2 N–H and O–H groups in total. The van der Waals surface area contributed by atoms with Gasteiger partial charge in [0.25, 0.3) is 0 Å². The van der Waals surface area contributed by atoms with Crippen molar-refractivity contribution in [1.29, 1.82) is 0 Å². The summed E-state index contributed by atoms with van der Waals surface area (Å²) >= 11 is 1.34. The summed E-state index contributed by atoms with van der Waals surface area (Å²) in [5, 5.41) is 8.46. The summed E-state index contributed by atoms with van der Waals surface area (Å²) in [7, 11) is 0. The molecule has 1 unspecified atom stereocenters. The van der Waals surface area contributed by atoms with Gasteiger partial charge in [-0.1, -0.05) is 19.1 Å². The number of halogens is 4. The van der Waals surface area contributed by atoms with Gasteiger partial charge in [0.2, 0.25) is 5.91 Å². The van der Waals surface area contributed by atoms with E-state index in [4.69, 9.17) is 0 Å². The Morgan fingerprint density at radius 1 is 1.35 bits per heavy atom. The second-order valence-electron chi connectivity index (χ2n) is 6.14. The van der Waals surface area contributed by atoms with E-state index in [1.54, 1.807) is 0 Å². The van der Waals surface area contributed by atoms with Crippen LogP contribution in [0.1, 0.15) is 18.2 Å². The van der Waals surface area contributed by atoms with Gasteiger partial charge in [-0.2, -0.15) is 13.2 Å². The highest BCUT2D eigenvalue weighted by Crippen LogP contribution is 2.31. The van der Waals surface area contributed by atoms with Crippen molar-refractivity contribution in [3.63, 3.8) is 0 Å². The molecule has 1 amide bonds. The zero-order chi connectivity index (χ0) is 18.0. The zero-order valence-corrected chi connectivity index (χ0v) is 15.6. The Labute approximate surface area is 159 Å². The number of nitrogens with zero attached hydrogens (tertiary/aromatic N) is 1. The first-order valence-electron chi connectivity index (χ1n) is 7.95. The summed E-state index contributed by atoms with van der Waals surface area (Å²) in [5.41, 5.74) is 0.649. The van der Waals surface area contributed by atoms with Gasteiger partial charge in [0.05, 0.1) is 17.8 Å². The molecule has 0 radical (unpaired) electrons. The number of aromatic nitrogens is 1. The minimum absolute atomic E-state index is 0. The van der Waals surface area contributed by atoms with E-state index in [1.807, 2.05) is 12.3 Å². The molecule has 3 rings (SSSR count). The van der Waals surface area contributed by atoms with Crippen molar-refractivity contribution in [1.82, 2.24) is 15.6 Å². The Hall–Kier alpha value is -1.64. The number of thiazole rings is 1. The van der Waals surface area contributed by atoms with Crippen molar-refractivity contribution in [2.75, 3.05) is 13.1 Å². The van der Waals surface area contributed by atoms with Crippen LogP contribution in [0, 0.1) is 11.8 Å². The molecule has 2 heterocycles. The molecule has 2 aromatic rings. The van der Waals surface area contributed by atoms with Gasteiger partial charge in [0, 0.05) is 16.9 Å². The molecule has 0 saturated carbocycles. The van der Waals surface area contributed by atoms with Gasteiger partial charge in [-0.15, -0.1) is 23.7 Å². The number of alkyl halides is 3. The van der Waals surface area contributed by atoms with Gasteiger partial charge < -0.3 is 10.6 Å². The predicted molar refractivity (Wildman–Crippen MR) is 97.2 cm³/mol. The molecule has 9 heteroatoms. The van der Waals surface area contributed by atoms with E-state index in [-0.39, 0.29) is 24.2 Å². The molecule has 1 aliphatic rings. The lowest BCUT2D eigenvalue weighted by molar-refractivity contribution is -0.137. The van der Waals surface area contributed by atoms with Gasteiger partial charge in [0.15, 0.2) is 0 Å². The first kappa shape index (κ1) is 20.7. The number of rotatable bonds is 5. The maximum atomic E-state index is 12.6. The third kappa shape index (κ3) is 4.75. The van der Waals surface area contributed by atoms with Crippen molar-refractivity contribution >= 4 is 29.7 Å². The molecule has 0 spiro atoms. The van der Waals surface area contributed by atoms with Crippen LogP contribution in [0.5, 0.6) is 0 Å². The average molecular weight is 406 g/mol. The minimum Gasteiger partial charge on any atom is -0.350 e. The molecule has 1 aromatic heterocycles. The largest absolute Gasteiger partial charge is 0.416 e. The van der Waals surface area contributed by atoms with E-state index in [0.29, 0.717) is 28.7 Å². The first-order chi connectivity index (χ1) is 11.8. The normalized spacial score (nSPS) is 15.7. The van der Waals surface area contributed by atoms with Crippen LogP contribution in [-0.4, -0.2) is 24.0 Å². The predicted octanol–water partition coefficient (Wildman–Crippen LogP) is 3.72. The van der Waals surface area contributed by atoms with E-state index >= 15 is 0 Å². The smallest absolute Gasteiger partial charge is 0.350 e. The van der Waals surface area contributed by atoms with Crippen LogP contribution in [0.15, 0.2) is 29.6 Å². The van der Waals surface area contributed by atoms with Gasteiger partial charge in [-0.05, 0) is 31.1 Å². The van der Waals surface area contributed by atoms with Crippen LogP contribution in [0.2, 0.25) is 0 Å². The Morgan fingerprint density at radius 3 is 2.54 bits per heavy atom. The lowest BCUT2D eigenvalue weighted by Crippen LogP contribution is -2.49. The Kier molecular flexibility index (Phi) is 6.65. The SMILES string of the molecule is CC(C(=O)NCc1csc(-c2ccc(C(F)(F)F)cc2)n1)C1CNC1.Cl. The van der Waals surface area contributed by atoms with E-state index in [2.05, 4.69) is 15.6 Å². The summed E-state index contributed by atoms with van der Waals surface area (Å²) in [4.78, 5) is 16.5. The quantitative estimate of drug-likeness (QED) is 0.797. The van der Waals surface area contributed by atoms with Crippen molar-refractivity contribution in [3.05, 3.63) is 40.9 Å². The maximum Gasteiger partial charge on any atom is 0.416 e. The number of hydrogen-bond donors (Lipinski definition) is 2. The number of hydrogen-bond acceptors (Lipinski definition) is 4. The monoisotopic (exact) mass is 405 g/mol. The number of nitrogens with one attached hydrogen (secondary N) is 2. The van der Waals surface area contributed by atoms with E-state index < -0.39 is 11.7 Å². The van der Waals surface area contributed by atoms with Gasteiger partial charge in [-0.3, -0.25) is 4.79 Å². The number of carbonyl (C=O) groups is 1. The molecule has 26 heavy (non-hydrogen) atoms. The van der Waals surface area contributed by atoms with Crippen LogP contribution in [0.4, 0.5) is 13.2 Å². The molecule has 1 atom stereocenters. The average Bonchev–Trinajstić information content (AvgIpc) is 2.99. The van der Waals surface area contributed by atoms with Crippen molar-refractivity contribution in [2.45, 2.75) is 19.6 Å². The van der Waals surface area contributed by atoms with Crippen LogP contribution < -0.4 is 10.6 Å². The standard InChI is InChI=1S/C17H18F3N3OS.ClH/c1-10(12-6-21-7-12)15(24)22-8-14-9-25-16(23-14)11-2-4-13(5-3-11)17(18,19)20;/h2-5,9-10,12,21H,6-8H2,1H3,(H,22,24);1H.